The molecule has 1 aliphatic heterocycles. The number of sulfonamides is 1. The molecule has 33 heavy (non-hydrogen) atoms. The van der Waals surface area contributed by atoms with E-state index in [1.54, 1.807) is 47.4 Å². The molecule has 0 spiro atoms. The van der Waals surface area contributed by atoms with Crippen LogP contribution in [0.25, 0.3) is 0 Å². The Morgan fingerprint density at radius 1 is 1.06 bits per heavy atom. The smallest absolute Gasteiger partial charge is 0.258 e. The number of carbonyl (C=O) groups is 1. The molecule has 0 aliphatic carbocycles. The van der Waals surface area contributed by atoms with E-state index in [-0.39, 0.29) is 16.8 Å². The Hall–Kier alpha value is -2.67. The molecule has 0 saturated carbocycles. The van der Waals surface area contributed by atoms with Crippen molar-refractivity contribution in [3.8, 4) is 0 Å². The average Bonchev–Trinajstić information content (AvgIpc) is 2.82. The highest BCUT2D eigenvalue weighted by atomic mass is 35.5. The van der Waals surface area contributed by atoms with Crippen molar-refractivity contribution in [2.75, 3.05) is 11.4 Å². The van der Waals surface area contributed by atoms with Gasteiger partial charge in [0, 0.05) is 28.9 Å². The second kappa shape index (κ2) is 10.1. The summed E-state index contributed by atoms with van der Waals surface area (Å²) in [7, 11) is -3.66. The molecule has 5 nitrogen and oxygen atoms in total. The van der Waals surface area contributed by atoms with Crippen LogP contribution in [0.5, 0.6) is 0 Å². The summed E-state index contributed by atoms with van der Waals surface area (Å²) in [6.07, 6.45) is 3.01. The topological polar surface area (TPSA) is 66.5 Å². The van der Waals surface area contributed by atoms with Crippen LogP contribution in [-0.2, 0) is 22.9 Å². The Morgan fingerprint density at radius 3 is 2.52 bits per heavy atom. The van der Waals surface area contributed by atoms with E-state index in [9.17, 15) is 13.2 Å². The second-order valence-corrected chi connectivity index (χ2v) is 10.6. The van der Waals surface area contributed by atoms with Gasteiger partial charge in [0.2, 0.25) is 10.0 Å². The number of nitrogens with zero attached hydrogens (tertiary/aromatic N) is 1. The van der Waals surface area contributed by atoms with Gasteiger partial charge in [0.1, 0.15) is 0 Å². The lowest BCUT2D eigenvalue weighted by molar-refractivity contribution is 0.0985. The van der Waals surface area contributed by atoms with Gasteiger partial charge in [-0.05, 0) is 86.2 Å². The SMILES string of the molecule is C[C@@H](CCc1ccccc1)NS(=O)(=O)c1ccc2c(c1)CCCN2C(=O)c1ccc(Cl)cc1. The minimum absolute atomic E-state index is 0.115. The third-order valence-electron chi connectivity index (χ3n) is 5.88. The molecule has 0 unspecified atom stereocenters. The van der Waals surface area contributed by atoms with Crippen molar-refractivity contribution < 1.29 is 13.2 Å². The van der Waals surface area contributed by atoms with E-state index < -0.39 is 10.0 Å². The molecule has 0 fully saturated rings. The molecule has 1 amide bonds. The number of hydrogen-bond acceptors (Lipinski definition) is 3. The molecule has 0 aromatic heterocycles. The van der Waals surface area contributed by atoms with Gasteiger partial charge >= 0.3 is 0 Å². The number of carbonyl (C=O) groups excluding carboxylic acids is 1. The highest BCUT2D eigenvalue weighted by molar-refractivity contribution is 7.89. The molecule has 3 aromatic rings. The maximum Gasteiger partial charge on any atom is 0.258 e. The van der Waals surface area contributed by atoms with Crippen molar-refractivity contribution in [3.05, 3.63) is 94.5 Å². The van der Waals surface area contributed by atoms with Crippen molar-refractivity contribution in [2.24, 2.45) is 0 Å². The van der Waals surface area contributed by atoms with E-state index in [2.05, 4.69) is 4.72 Å². The van der Waals surface area contributed by atoms with Crippen LogP contribution in [0.2, 0.25) is 5.02 Å². The van der Waals surface area contributed by atoms with Crippen molar-refractivity contribution >= 4 is 33.2 Å². The zero-order chi connectivity index (χ0) is 23.4. The summed E-state index contributed by atoms with van der Waals surface area (Å²) in [5, 5.41) is 0.575. The third-order valence-corrected chi connectivity index (χ3v) is 7.72. The van der Waals surface area contributed by atoms with Gasteiger partial charge in [0.05, 0.1) is 4.90 Å². The van der Waals surface area contributed by atoms with E-state index in [4.69, 9.17) is 11.6 Å². The standard InChI is InChI=1S/C26H27ClN2O3S/c1-19(9-10-20-6-3-2-4-7-20)28-33(31,32)24-15-16-25-22(18-24)8-5-17-29(25)26(30)21-11-13-23(27)14-12-21/h2-4,6-7,11-16,18-19,28H,5,8-10,17H2,1H3/t19-/m0/s1. The zero-order valence-corrected chi connectivity index (χ0v) is 20.1. The van der Waals surface area contributed by atoms with Gasteiger partial charge in [-0.2, -0.15) is 0 Å². The number of amides is 1. The van der Waals surface area contributed by atoms with E-state index in [1.165, 1.54) is 5.56 Å². The van der Waals surface area contributed by atoms with E-state index in [0.29, 0.717) is 23.6 Å². The number of aryl methyl sites for hydroxylation is 2. The van der Waals surface area contributed by atoms with Crippen LogP contribution in [-0.4, -0.2) is 26.9 Å². The van der Waals surface area contributed by atoms with Gasteiger partial charge in [-0.15, -0.1) is 0 Å². The summed E-state index contributed by atoms with van der Waals surface area (Å²) in [6.45, 7) is 2.47. The first kappa shape index (κ1) is 23.5. The number of hydrogen-bond donors (Lipinski definition) is 1. The van der Waals surface area contributed by atoms with Crippen LogP contribution in [0.15, 0.2) is 77.7 Å². The Balaban J connectivity index is 1.48. The van der Waals surface area contributed by atoms with Crippen LogP contribution in [0.4, 0.5) is 5.69 Å². The number of nitrogens with one attached hydrogen (secondary N) is 1. The normalized spacial score (nSPS) is 14.5. The van der Waals surface area contributed by atoms with Crippen molar-refractivity contribution in [3.63, 3.8) is 0 Å². The Kier molecular flexibility index (Phi) is 7.17. The van der Waals surface area contributed by atoms with Crippen LogP contribution in [0.1, 0.15) is 41.3 Å². The quantitative estimate of drug-likeness (QED) is 0.501. The molecule has 1 atom stereocenters. The van der Waals surface area contributed by atoms with Gasteiger partial charge in [-0.1, -0.05) is 41.9 Å². The monoisotopic (exact) mass is 482 g/mol. The van der Waals surface area contributed by atoms with Gasteiger partial charge in [0.15, 0.2) is 0 Å². The fourth-order valence-electron chi connectivity index (χ4n) is 4.12. The Bertz CT molecular complexity index is 1230. The van der Waals surface area contributed by atoms with Crippen LogP contribution in [0, 0.1) is 0 Å². The summed E-state index contributed by atoms with van der Waals surface area (Å²) in [5.41, 5.74) is 3.36. The highest BCUT2D eigenvalue weighted by Gasteiger charge is 2.26. The number of benzene rings is 3. The lowest BCUT2D eigenvalue weighted by Gasteiger charge is -2.30. The van der Waals surface area contributed by atoms with Crippen molar-refractivity contribution in [1.29, 1.82) is 0 Å². The summed E-state index contributed by atoms with van der Waals surface area (Å²) >= 11 is 5.94. The van der Waals surface area contributed by atoms with Gasteiger partial charge < -0.3 is 4.90 Å². The molecule has 3 aromatic carbocycles. The predicted molar refractivity (Wildman–Crippen MR) is 132 cm³/mol. The van der Waals surface area contributed by atoms with Gasteiger partial charge in [-0.3, -0.25) is 4.79 Å². The minimum Gasteiger partial charge on any atom is -0.308 e. The van der Waals surface area contributed by atoms with E-state index in [1.807, 2.05) is 37.3 Å². The molecule has 1 heterocycles. The van der Waals surface area contributed by atoms with Crippen LogP contribution in [0.3, 0.4) is 0 Å². The van der Waals surface area contributed by atoms with Gasteiger partial charge in [0.25, 0.3) is 5.91 Å². The minimum atomic E-state index is -3.66. The Morgan fingerprint density at radius 2 is 1.79 bits per heavy atom. The first-order valence-corrected chi connectivity index (χ1v) is 13.0. The average molecular weight is 483 g/mol. The van der Waals surface area contributed by atoms with E-state index >= 15 is 0 Å². The molecule has 0 saturated heterocycles. The molecular weight excluding hydrogens is 456 g/mol. The number of anilines is 1. The lowest BCUT2D eigenvalue weighted by atomic mass is 10.0. The molecule has 172 valence electrons. The summed E-state index contributed by atoms with van der Waals surface area (Å²) in [5.74, 6) is -0.115. The molecule has 4 rings (SSSR count). The number of rotatable bonds is 7. The van der Waals surface area contributed by atoms with Gasteiger partial charge in [-0.25, -0.2) is 13.1 Å². The largest absolute Gasteiger partial charge is 0.308 e. The fourth-order valence-corrected chi connectivity index (χ4v) is 5.57. The lowest BCUT2D eigenvalue weighted by Crippen LogP contribution is -2.36. The summed E-state index contributed by atoms with van der Waals surface area (Å²) < 4.78 is 28.8. The third kappa shape index (κ3) is 5.64. The van der Waals surface area contributed by atoms with E-state index in [0.717, 1.165) is 30.5 Å². The fraction of sp³-hybridized carbons (Fsp3) is 0.269. The molecule has 1 aliphatic rings. The summed E-state index contributed by atoms with van der Waals surface area (Å²) in [4.78, 5) is 15.0. The highest BCUT2D eigenvalue weighted by Crippen LogP contribution is 2.31. The maximum absolute atomic E-state index is 13.0. The van der Waals surface area contributed by atoms with Crippen molar-refractivity contribution in [1.82, 2.24) is 4.72 Å². The predicted octanol–water partition coefficient (Wildman–Crippen LogP) is 5.23. The second-order valence-electron chi connectivity index (χ2n) is 8.40. The molecule has 0 radical (unpaired) electrons. The number of fused-ring (bicyclic) bond motifs is 1. The van der Waals surface area contributed by atoms with Crippen LogP contribution < -0.4 is 9.62 Å². The number of halogens is 1. The molecule has 1 N–H and O–H groups in total. The van der Waals surface area contributed by atoms with Crippen LogP contribution >= 0.6 is 11.6 Å². The molecule has 0 bridgehead atoms. The zero-order valence-electron chi connectivity index (χ0n) is 18.5. The first-order valence-electron chi connectivity index (χ1n) is 11.1. The first-order chi connectivity index (χ1) is 15.8. The molecular formula is C26H27ClN2O3S. The Labute approximate surface area is 200 Å². The van der Waals surface area contributed by atoms with Crippen molar-refractivity contribution in [2.45, 2.75) is 43.5 Å². The molecule has 7 heteroatoms. The maximum atomic E-state index is 13.0. The summed E-state index contributed by atoms with van der Waals surface area (Å²) in [6, 6.07) is 21.6.